The minimum Gasteiger partial charge on any atom is -0.325 e. The topological polar surface area (TPSA) is 74.2 Å². The van der Waals surface area contributed by atoms with Crippen molar-refractivity contribution in [1.29, 1.82) is 0 Å². The molecule has 5 radical (unpaired) electrons. The van der Waals surface area contributed by atoms with Crippen molar-refractivity contribution >= 4 is 0 Å². The molecule has 42 heavy (non-hydrogen) atoms. The Labute approximate surface area is 374 Å². The van der Waals surface area contributed by atoms with E-state index in [9.17, 15) is 0 Å². The summed E-state index contributed by atoms with van der Waals surface area (Å²) >= 11 is 0. The van der Waals surface area contributed by atoms with E-state index in [0.717, 1.165) is 73.7 Å². The molecule has 0 unspecified atom stereocenters. The normalized spacial score (nSPS) is 12.9. The summed E-state index contributed by atoms with van der Waals surface area (Å²) in [6, 6.07) is 9.54. The molecule has 0 N–H and O–H groups in total. The fraction of sp³-hybridized carbons (Fsp3) is 0.419. The van der Waals surface area contributed by atoms with Crippen LogP contribution in [0.2, 0.25) is 0 Å². The Hall–Kier alpha value is 1.98. The maximum atomic E-state index is 4.79. The molecule has 0 spiro atoms. The third-order valence-corrected chi connectivity index (χ3v) is 8.32. The zero-order chi connectivity index (χ0) is 25.8. The van der Waals surface area contributed by atoms with Crippen molar-refractivity contribution < 1.29 is 164 Å². The molecule has 3 aliphatic heterocycles. The van der Waals surface area contributed by atoms with Crippen LogP contribution < -0.4 is 32.1 Å². The van der Waals surface area contributed by atoms with E-state index in [1.54, 1.807) is 0 Å². The van der Waals surface area contributed by atoms with Gasteiger partial charge in [-0.3, -0.25) is 20.0 Å². The van der Waals surface area contributed by atoms with Gasteiger partial charge >= 0.3 is 0 Å². The van der Waals surface area contributed by atoms with Crippen molar-refractivity contribution in [3.05, 3.63) is 100 Å². The number of benzene rings is 3. The molecule has 0 aliphatic carbocycles. The van der Waals surface area contributed by atoms with E-state index >= 15 is 0 Å². The molecule has 0 atom stereocenters. The number of rotatable bonds is 6. The zero-order valence-electron chi connectivity index (χ0n) is 25.5. The van der Waals surface area contributed by atoms with Crippen LogP contribution in [0.4, 0.5) is 0 Å². The van der Waals surface area contributed by atoms with Gasteiger partial charge in [0.2, 0.25) is 0 Å². The standard InChI is InChI=1S/C31H32N6.5Y/c1-16-7-23(29-27(20(16)5)33-14-35-29)10-22(11-24-8-17(2)21(6)28-30(24)36-15-34-28)12-25-19(4)18(3)9-26-31(25)37-13-32-26;;;;;/h9,22H,10-15H2,1-6H3;;;;;/q-2;;;;;. The molecule has 0 saturated heterocycles. The van der Waals surface area contributed by atoms with Crippen LogP contribution in [0, 0.1) is 59.6 Å². The van der Waals surface area contributed by atoms with Crippen LogP contribution in [0.25, 0.3) is 0 Å². The van der Waals surface area contributed by atoms with E-state index in [2.05, 4.69) is 74.7 Å². The van der Waals surface area contributed by atoms with Gasteiger partial charge in [-0.05, 0) is 83.2 Å². The molecule has 3 heterocycles. The molecule has 0 bridgehead atoms. The smallest absolute Gasteiger partial charge is 0.130 e. The first-order valence-electron chi connectivity index (χ1n) is 13.1. The van der Waals surface area contributed by atoms with Crippen molar-refractivity contribution in [1.82, 2.24) is 0 Å². The SMILES string of the molecule is Cc1[c-]c(CC(Cc2c(C)c(C)cc3c2=NCN=3)Cc2[c-]c(C)c(C)c3c2=NCN=3)c2c(c1C)=NCN=2.[Y].[Y].[Y].[Y].[Y]. The van der Waals surface area contributed by atoms with Crippen LogP contribution in [0.5, 0.6) is 0 Å². The maximum Gasteiger partial charge on any atom is 0.130 e. The summed E-state index contributed by atoms with van der Waals surface area (Å²) in [7, 11) is 0. The Kier molecular flexibility index (Phi) is 17.9. The Morgan fingerprint density at radius 3 is 1.48 bits per heavy atom. The summed E-state index contributed by atoms with van der Waals surface area (Å²) in [4.78, 5) is 28.3. The van der Waals surface area contributed by atoms with Gasteiger partial charge in [-0.1, -0.05) is 27.7 Å². The van der Waals surface area contributed by atoms with E-state index in [0.29, 0.717) is 20.0 Å². The van der Waals surface area contributed by atoms with Gasteiger partial charge in [0.05, 0.1) is 10.7 Å². The van der Waals surface area contributed by atoms with Gasteiger partial charge in [0.1, 0.15) is 20.0 Å². The van der Waals surface area contributed by atoms with Crippen molar-refractivity contribution in [3.8, 4) is 0 Å². The third kappa shape index (κ3) is 8.33. The van der Waals surface area contributed by atoms with Crippen LogP contribution in [0.15, 0.2) is 36.0 Å². The van der Waals surface area contributed by atoms with Crippen molar-refractivity contribution in [3.63, 3.8) is 0 Å². The molecule has 203 valence electrons. The zero-order valence-corrected chi connectivity index (χ0v) is 39.7. The molecular weight excluding hydrogens is 901 g/mol. The first kappa shape index (κ1) is 42.0. The number of hydrogen-bond acceptors (Lipinski definition) is 6. The van der Waals surface area contributed by atoms with Gasteiger partial charge in [-0.25, -0.2) is 0 Å². The van der Waals surface area contributed by atoms with Crippen LogP contribution in [0.1, 0.15) is 50.1 Å². The summed E-state index contributed by atoms with van der Waals surface area (Å²) in [5, 5.41) is 6.21. The minimum atomic E-state index is 0. The fourth-order valence-electron chi connectivity index (χ4n) is 5.89. The summed E-state index contributed by atoms with van der Waals surface area (Å²) in [5.74, 6) is 0.289. The number of nitrogens with zero attached hydrogens (tertiary/aromatic N) is 6. The molecule has 0 amide bonds. The molecule has 0 aromatic heterocycles. The number of hydrogen-bond donors (Lipinski definition) is 0. The average molecular weight is 933 g/mol. The second-order valence-corrected chi connectivity index (χ2v) is 10.6. The summed E-state index contributed by atoms with van der Waals surface area (Å²) < 4.78 is 0. The van der Waals surface area contributed by atoms with Crippen LogP contribution in [0.3, 0.4) is 0 Å². The van der Waals surface area contributed by atoms with Crippen molar-refractivity contribution in [2.75, 3.05) is 20.0 Å². The van der Waals surface area contributed by atoms with Gasteiger partial charge in [-0.2, -0.15) is 23.3 Å². The van der Waals surface area contributed by atoms with E-state index in [-0.39, 0.29) is 169 Å². The summed E-state index contributed by atoms with van der Waals surface area (Å²) in [5.41, 5.74) is 10.9. The molecule has 6 nitrogen and oxygen atoms in total. The van der Waals surface area contributed by atoms with Gasteiger partial charge in [0.25, 0.3) is 0 Å². The Morgan fingerprint density at radius 1 is 0.548 bits per heavy atom. The summed E-state index contributed by atoms with van der Waals surface area (Å²) in [6.07, 6.45) is 2.61. The molecule has 0 fully saturated rings. The predicted octanol–water partition coefficient (Wildman–Crippen LogP) is 1.40. The monoisotopic (exact) mass is 933 g/mol. The summed E-state index contributed by atoms with van der Waals surface area (Å²) in [6.45, 7) is 14.4. The maximum absolute atomic E-state index is 4.79. The van der Waals surface area contributed by atoms with Gasteiger partial charge < -0.3 is 9.98 Å². The molecule has 3 aromatic rings. The Bertz CT molecular complexity index is 1780. The number of fused-ring (bicyclic) bond motifs is 3. The van der Waals surface area contributed by atoms with Crippen LogP contribution in [-0.4, -0.2) is 20.0 Å². The molecular formula is C31H32N6Y5-2. The average Bonchev–Trinajstić information content (AvgIpc) is 3.64. The van der Waals surface area contributed by atoms with E-state index in [1.165, 1.54) is 27.8 Å². The molecule has 3 aromatic carbocycles. The van der Waals surface area contributed by atoms with Crippen molar-refractivity contribution in [2.45, 2.75) is 60.8 Å². The number of aryl methyl sites for hydroxylation is 3. The van der Waals surface area contributed by atoms with Crippen LogP contribution in [-0.2, 0) is 183 Å². The van der Waals surface area contributed by atoms with Crippen molar-refractivity contribution in [2.24, 2.45) is 35.9 Å². The van der Waals surface area contributed by atoms with Gasteiger partial charge in [-0.15, -0.1) is 22.3 Å². The fourth-order valence-corrected chi connectivity index (χ4v) is 5.89. The second kappa shape index (κ2) is 17.9. The Morgan fingerprint density at radius 2 is 0.976 bits per heavy atom. The first-order valence-corrected chi connectivity index (χ1v) is 13.1. The second-order valence-electron chi connectivity index (χ2n) is 10.6. The molecule has 11 heteroatoms. The predicted molar refractivity (Wildman–Crippen MR) is 142 cm³/mol. The van der Waals surface area contributed by atoms with Gasteiger partial charge in [0.15, 0.2) is 0 Å². The molecule has 3 aliphatic rings. The third-order valence-electron chi connectivity index (χ3n) is 8.32. The molecule has 6 rings (SSSR count). The van der Waals surface area contributed by atoms with Gasteiger partial charge in [0, 0.05) is 164 Å². The van der Waals surface area contributed by atoms with E-state index in [1.807, 2.05) is 0 Å². The van der Waals surface area contributed by atoms with E-state index < -0.39 is 0 Å². The quantitative estimate of drug-likeness (QED) is 0.336. The largest absolute Gasteiger partial charge is 0.325 e. The first-order chi connectivity index (χ1) is 17.8. The minimum absolute atomic E-state index is 0. The Balaban J connectivity index is 0.00000176. The van der Waals surface area contributed by atoms with E-state index in [4.69, 9.17) is 15.0 Å². The van der Waals surface area contributed by atoms with Crippen LogP contribution >= 0.6 is 0 Å². The molecule has 0 saturated carbocycles.